The Labute approximate surface area is 189 Å². The highest BCUT2D eigenvalue weighted by Crippen LogP contribution is 2.41. The predicted octanol–water partition coefficient (Wildman–Crippen LogP) is 5.25. The van der Waals surface area contributed by atoms with Crippen LogP contribution >= 0.6 is 23.4 Å². The minimum absolute atomic E-state index is 0.168. The molecule has 2 heterocycles. The third-order valence-electron chi connectivity index (χ3n) is 5.59. The minimum Gasteiger partial charge on any atom is -0.497 e. The van der Waals surface area contributed by atoms with Crippen molar-refractivity contribution in [2.75, 3.05) is 12.4 Å². The number of nitrogens with zero attached hydrogens (tertiary/aromatic N) is 3. The fraction of sp³-hybridized carbons (Fsp3) is 0.261. The molecule has 0 spiro atoms. The third-order valence-corrected chi connectivity index (χ3v) is 6.85. The number of benzene rings is 2. The first-order valence-corrected chi connectivity index (χ1v) is 11.5. The quantitative estimate of drug-likeness (QED) is 0.533. The van der Waals surface area contributed by atoms with Crippen LogP contribution in [0.2, 0.25) is 5.02 Å². The second-order valence-corrected chi connectivity index (χ2v) is 8.86. The van der Waals surface area contributed by atoms with Crippen molar-refractivity contribution in [3.05, 3.63) is 76.0 Å². The van der Waals surface area contributed by atoms with Crippen LogP contribution in [-0.4, -0.2) is 27.7 Å². The number of carbonyl (C=O) groups excluding carboxylic acids is 1. The number of carbonyl (C=O) groups is 1. The Hall–Kier alpha value is -2.77. The summed E-state index contributed by atoms with van der Waals surface area (Å²) in [6.45, 7) is 0. The van der Waals surface area contributed by atoms with Crippen molar-refractivity contribution in [1.82, 2.24) is 14.8 Å². The van der Waals surface area contributed by atoms with Gasteiger partial charge in [-0.1, -0.05) is 53.7 Å². The maximum Gasteiger partial charge on any atom is 0.227 e. The molecule has 0 bridgehead atoms. The summed E-state index contributed by atoms with van der Waals surface area (Å²) in [5, 5.41) is 9.51. The number of Topliss-reactive ketones (excluding diaryl/α,β-unsaturated/α-hetero) is 1. The first-order valence-electron chi connectivity index (χ1n) is 10.1. The van der Waals surface area contributed by atoms with Crippen LogP contribution in [0.3, 0.4) is 0 Å². The molecule has 2 aliphatic rings. The molecule has 0 saturated carbocycles. The summed E-state index contributed by atoms with van der Waals surface area (Å²) in [6, 6.07) is 15.3. The van der Waals surface area contributed by atoms with E-state index in [4.69, 9.17) is 26.4 Å². The van der Waals surface area contributed by atoms with Crippen LogP contribution in [-0.2, 0) is 10.5 Å². The molecule has 8 heteroatoms. The van der Waals surface area contributed by atoms with E-state index >= 15 is 0 Å². The van der Waals surface area contributed by atoms with Gasteiger partial charge in [-0.05, 0) is 42.2 Å². The predicted molar refractivity (Wildman–Crippen MR) is 122 cm³/mol. The van der Waals surface area contributed by atoms with Crippen LogP contribution in [0.4, 0.5) is 5.95 Å². The van der Waals surface area contributed by atoms with Crippen LogP contribution in [0.1, 0.15) is 36.4 Å². The molecule has 5 rings (SSSR count). The number of halogens is 1. The van der Waals surface area contributed by atoms with Gasteiger partial charge in [0.15, 0.2) is 5.78 Å². The van der Waals surface area contributed by atoms with Crippen molar-refractivity contribution in [2.45, 2.75) is 36.2 Å². The topological polar surface area (TPSA) is 69.0 Å². The molecular formula is C23H21ClN4O2S. The van der Waals surface area contributed by atoms with E-state index in [1.165, 1.54) is 11.8 Å². The number of nitrogens with one attached hydrogen (secondary N) is 1. The van der Waals surface area contributed by atoms with Gasteiger partial charge in [-0.3, -0.25) is 4.79 Å². The fourth-order valence-electron chi connectivity index (χ4n) is 4.05. The molecule has 2 aromatic carbocycles. The lowest BCUT2D eigenvalue weighted by Crippen LogP contribution is -2.31. The van der Waals surface area contributed by atoms with Crippen LogP contribution in [0, 0.1) is 0 Å². The molecule has 0 amide bonds. The highest BCUT2D eigenvalue weighted by atomic mass is 35.5. The molecule has 31 heavy (non-hydrogen) atoms. The van der Waals surface area contributed by atoms with Crippen LogP contribution in [0.25, 0.3) is 0 Å². The molecule has 1 N–H and O–H groups in total. The number of ketones is 1. The first-order chi connectivity index (χ1) is 15.1. The first kappa shape index (κ1) is 20.2. The zero-order chi connectivity index (χ0) is 21.4. The number of methoxy groups -OCH3 is 1. The summed E-state index contributed by atoms with van der Waals surface area (Å²) >= 11 is 7.82. The van der Waals surface area contributed by atoms with Gasteiger partial charge in [0.2, 0.25) is 11.1 Å². The van der Waals surface area contributed by atoms with E-state index in [1.807, 2.05) is 53.2 Å². The van der Waals surface area contributed by atoms with E-state index in [0.29, 0.717) is 23.3 Å². The second-order valence-electron chi connectivity index (χ2n) is 7.51. The zero-order valence-corrected chi connectivity index (χ0v) is 18.5. The Bertz CT molecular complexity index is 1170. The normalized spacial score (nSPS) is 17.7. The molecule has 3 aromatic rings. The number of aromatic nitrogens is 3. The van der Waals surface area contributed by atoms with Crippen LogP contribution in [0.5, 0.6) is 5.75 Å². The largest absolute Gasteiger partial charge is 0.497 e. The van der Waals surface area contributed by atoms with Gasteiger partial charge in [0.1, 0.15) is 11.8 Å². The van der Waals surface area contributed by atoms with Crippen molar-refractivity contribution < 1.29 is 9.53 Å². The Morgan fingerprint density at radius 1 is 1.19 bits per heavy atom. The lowest BCUT2D eigenvalue weighted by molar-refractivity contribution is -0.116. The van der Waals surface area contributed by atoms with E-state index in [0.717, 1.165) is 46.0 Å². The Morgan fingerprint density at radius 3 is 2.77 bits per heavy atom. The van der Waals surface area contributed by atoms with E-state index in [1.54, 1.807) is 7.11 Å². The Kier molecular flexibility index (Phi) is 5.46. The number of hydrogen-bond donors (Lipinski definition) is 1. The maximum absolute atomic E-state index is 12.9. The van der Waals surface area contributed by atoms with Gasteiger partial charge in [0.25, 0.3) is 0 Å². The molecular weight excluding hydrogens is 432 g/mol. The van der Waals surface area contributed by atoms with Gasteiger partial charge in [-0.15, -0.1) is 5.10 Å². The van der Waals surface area contributed by atoms with E-state index < -0.39 is 0 Å². The molecule has 0 fully saturated rings. The smallest absolute Gasteiger partial charge is 0.227 e. The summed E-state index contributed by atoms with van der Waals surface area (Å²) in [7, 11) is 1.64. The Balaban J connectivity index is 1.50. The van der Waals surface area contributed by atoms with Crippen molar-refractivity contribution in [3.63, 3.8) is 0 Å². The summed E-state index contributed by atoms with van der Waals surface area (Å²) in [5.41, 5.74) is 3.77. The summed E-state index contributed by atoms with van der Waals surface area (Å²) in [6.07, 6.45) is 2.25. The molecule has 1 aromatic heterocycles. The zero-order valence-electron chi connectivity index (χ0n) is 17.0. The number of fused-ring (bicyclic) bond motifs is 1. The van der Waals surface area contributed by atoms with Gasteiger partial charge >= 0.3 is 0 Å². The van der Waals surface area contributed by atoms with Crippen molar-refractivity contribution in [1.29, 1.82) is 0 Å². The van der Waals surface area contributed by atoms with Crippen molar-refractivity contribution in [2.24, 2.45) is 0 Å². The van der Waals surface area contributed by atoms with Gasteiger partial charge in [0.05, 0.1) is 7.11 Å². The lowest BCUT2D eigenvalue weighted by atomic mass is 9.85. The number of ether oxygens (including phenoxy) is 1. The average Bonchev–Trinajstić information content (AvgIpc) is 3.20. The van der Waals surface area contributed by atoms with E-state index in [-0.39, 0.29) is 11.8 Å². The van der Waals surface area contributed by atoms with Gasteiger partial charge in [0, 0.05) is 28.5 Å². The van der Waals surface area contributed by atoms with Crippen LogP contribution < -0.4 is 10.1 Å². The lowest BCUT2D eigenvalue weighted by Gasteiger charge is -2.32. The van der Waals surface area contributed by atoms with Gasteiger partial charge in [-0.25, -0.2) is 4.68 Å². The summed E-state index contributed by atoms with van der Waals surface area (Å²) < 4.78 is 7.13. The van der Waals surface area contributed by atoms with Crippen molar-refractivity contribution in [3.8, 4) is 5.75 Å². The van der Waals surface area contributed by atoms with Crippen molar-refractivity contribution >= 4 is 35.1 Å². The number of rotatable bonds is 5. The molecule has 6 nitrogen and oxygen atoms in total. The number of allylic oxidation sites excluding steroid dienone is 2. The maximum atomic E-state index is 12.9. The minimum atomic E-state index is -0.299. The fourth-order valence-corrected chi connectivity index (χ4v) is 5.16. The van der Waals surface area contributed by atoms with Crippen LogP contribution in [0.15, 0.2) is 65.0 Å². The SMILES string of the molecule is COc1ccc([C@H]2C3=C(CCCC3=O)Nc3nc(SCc4ccccc4Cl)nn32)cc1. The molecule has 0 saturated heterocycles. The summed E-state index contributed by atoms with van der Waals surface area (Å²) in [4.78, 5) is 17.6. The van der Waals surface area contributed by atoms with E-state index in [9.17, 15) is 4.79 Å². The Morgan fingerprint density at radius 2 is 2.00 bits per heavy atom. The molecule has 1 atom stereocenters. The molecule has 0 unspecified atom stereocenters. The highest BCUT2D eigenvalue weighted by Gasteiger charge is 2.36. The second kappa shape index (κ2) is 8.40. The third kappa shape index (κ3) is 3.83. The molecule has 1 aliphatic carbocycles. The van der Waals surface area contributed by atoms with E-state index in [2.05, 4.69) is 5.32 Å². The molecule has 0 radical (unpaired) electrons. The molecule has 158 valence electrons. The standard InChI is InChI=1S/C23H21ClN4O2S/c1-30-16-11-9-14(10-12-16)21-20-18(7-4-8-19(20)29)25-22-26-23(27-28(21)22)31-13-15-5-2-3-6-17(15)24/h2-3,5-6,9-12,21H,4,7-8,13H2,1H3,(H,25,26,27)/t21-/m0/s1. The van der Waals surface area contributed by atoms with Gasteiger partial charge < -0.3 is 10.1 Å². The monoisotopic (exact) mass is 452 g/mol. The molecule has 1 aliphatic heterocycles. The number of anilines is 1. The van der Waals surface area contributed by atoms with Gasteiger partial charge in [-0.2, -0.15) is 4.98 Å². The number of hydrogen-bond acceptors (Lipinski definition) is 6. The number of thioether (sulfide) groups is 1. The average molecular weight is 453 g/mol. The summed E-state index contributed by atoms with van der Waals surface area (Å²) in [5.74, 6) is 2.27. The highest BCUT2D eigenvalue weighted by molar-refractivity contribution is 7.98.